The number of Topliss-reactive ketones (excluding diaryl/α,β-unsaturated/α-hetero) is 1. The summed E-state index contributed by atoms with van der Waals surface area (Å²) in [6, 6.07) is 9.33. The van der Waals surface area contributed by atoms with Gasteiger partial charge in [0.25, 0.3) is 17.6 Å². The van der Waals surface area contributed by atoms with Crippen LogP contribution in [0.1, 0.15) is 83.0 Å². The number of nitrogens with one attached hydrogen (secondary N) is 1. The Kier molecular flexibility index (Phi) is 15.8. The maximum absolute atomic E-state index is 14.6. The van der Waals surface area contributed by atoms with E-state index in [4.69, 9.17) is 23.7 Å². The Morgan fingerprint density at radius 2 is 1.62 bits per heavy atom. The number of esters is 1. The topological polar surface area (TPSA) is 231 Å². The molecule has 0 aliphatic carbocycles. The molecule has 16 nitrogen and oxygen atoms in total. The second-order valence-electron chi connectivity index (χ2n) is 17.3. The number of methoxy groups -OCH3 is 1. The molecule has 3 aliphatic rings. The van der Waals surface area contributed by atoms with Crippen molar-refractivity contribution in [2.24, 2.45) is 23.7 Å². The SMILES string of the molecule is COC1/C=C/OC2(C)Oc3c(C)c(O)c4c(O)c(cc(OCC(=O)N(C)C(C)C(O)c5ccccc5)c4c3C2=O)NC(=O)C(C)=C/C=C/C(C)C(O)C(C)C(O)C(C)C(OC(C)=O)C1C. The molecule has 6 N–H and O–H groups in total. The van der Waals surface area contributed by atoms with E-state index in [2.05, 4.69) is 5.32 Å². The molecule has 0 radical (unpaired) electrons. The smallest absolute Gasteiger partial charge is 0.312 e. The molecule has 0 fully saturated rings. The van der Waals surface area contributed by atoms with Crippen molar-refractivity contribution in [3.8, 4) is 23.0 Å². The van der Waals surface area contributed by atoms with Crippen LogP contribution in [-0.2, 0) is 28.6 Å². The minimum atomic E-state index is -2.07. The predicted molar refractivity (Wildman–Crippen MR) is 241 cm³/mol. The number of likely N-dealkylation sites (N-methyl/N-ethyl adjacent to an activating group) is 1. The first-order valence-corrected chi connectivity index (χ1v) is 21.5. The molecule has 5 bridgehead atoms. The maximum atomic E-state index is 14.6. The molecule has 2 amide bonds. The number of phenolic OH excluding ortho intramolecular Hbond substituents is 2. The highest BCUT2D eigenvalue weighted by Gasteiger charge is 2.50. The van der Waals surface area contributed by atoms with E-state index in [1.54, 1.807) is 77.1 Å². The fourth-order valence-corrected chi connectivity index (χ4v) is 8.36. The van der Waals surface area contributed by atoms with E-state index in [1.165, 1.54) is 71.2 Å². The molecule has 0 saturated carbocycles. The van der Waals surface area contributed by atoms with E-state index in [1.807, 2.05) is 0 Å². The average molecular weight is 903 g/mol. The van der Waals surface area contributed by atoms with Gasteiger partial charge in [-0.15, -0.1) is 0 Å². The van der Waals surface area contributed by atoms with E-state index in [-0.39, 0.29) is 44.7 Å². The average Bonchev–Trinajstić information content (AvgIpc) is 3.55. The maximum Gasteiger partial charge on any atom is 0.312 e. The zero-order chi connectivity index (χ0) is 48.2. The Morgan fingerprint density at radius 1 is 0.954 bits per heavy atom. The van der Waals surface area contributed by atoms with Crippen molar-refractivity contribution in [3.63, 3.8) is 0 Å². The van der Waals surface area contributed by atoms with Crippen LogP contribution in [-0.4, -0.2) is 111 Å². The number of rotatable bonds is 8. The fraction of sp³-hybridized carbons (Fsp3) is 0.469. The monoisotopic (exact) mass is 902 g/mol. The van der Waals surface area contributed by atoms with E-state index < -0.39 is 108 Å². The van der Waals surface area contributed by atoms with Crippen LogP contribution in [0.5, 0.6) is 23.0 Å². The first-order valence-electron chi connectivity index (χ1n) is 21.5. The molecule has 11 unspecified atom stereocenters. The number of hydrogen-bond donors (Lipinski definition) is 6. The van der Waals surface area contributed by atoms with Crippen molar-refractivity contribution < 1.29 is 68.4 Å². The highest BCUT2D eigenvalue weighted by molar-refractivity contribution is 6.21. The van der Waals surface area contributed by atoms with Crippen LogP contribution < -0.4 is 14.8 Å². The van der Waals surface area contributed by atoms with Gasteiger partial charge in [0, 0.05) is 74.3 Å². The van der Waals surface area contributed by atoms with Gasteiger partial charge in [-0.2, -0.15) is 0 Å². The summed E-state index contributed by atoms with van der Waals surface area (Å²) in [5, 5.41) is 59.7. The first kappa shape index (κ1) is 50.1. The van der Waals surface area contributed by atoms with Gasteiger partial charge in [-0.1, -0.05) is 76.3 Å². The molecule has 16 heteroatoms. The Morgan fingerprint density at radius 3 is 2.25 bits per heavy atom. The largest absolute Gasteiger partial charge is 0.507 e. The minimum absolute atomic E-state index is 0.0406. The van der Waals surface area contributed by atoms with E-state index in [0.717, 1.165) is 0 Å². The summed E-state index contributed by atoms with van der Waals surface area (Å²) in [6.07, 6.45) is 2.38. The third-order valence-electron chi connectivity index (χ3n) is 12.8. The summed E-state index contributed by atoms with van der Waals surface area (Å²) in [5.74, 6) is -8.67. The number of carbonyl (C=O) groups is 4. The summed E-state index contributed by atoms with van der Waals surface area (Å²) < 4.78 is 29.9. The fourth-order valence-electron chi connectivity index (χ4n) is 8.36. The van der Waals surface area contributed by atoms with Gasteiger partial charge >= 0.3 is 11.8 Å². The van der Waals surface area contributed by atoms with Gasteiger partial charge in [0.2, 0.25) is 0 Å². The Bertz CT molecular complexity index is 2360. The molecule has 6 rings (SSSR count). The van der Waals surface area contributed by atoms with Crippen LogP contribution in [0.2, 0.25) is 0 Å². The molecule has 3 aromatic carbocycles. The number of amides is 2. The lowest BCUT2D eigenvalue weighted by molar-refractivity contribution is -0.160. The molecular formula is C49H62N2O14. The summed E-state index contributed by atoms with van der Waals surface area (Å²) in [5.41, 5.74) is 0.410. The number of hydrogen-bond acceptors (Lipinski definition) is 14. The van der Waals surface area contributed by atoms with Gasteiger partial charge in [0.15, 0.2) is 12.4 Å². The first-order chi connectivity index (χ1) is 30.6. The molecule has 0 saturated heterocycles. The normalized spacial score (nSPS) is 28.3. The van der Waals surface area contributed by atoms with Crippen molar-refractivity contribution >= 4 is 40.0 Å². The third kappa shape index (κ3) is 10.3. The number of carbonyl (C=O) groups excluding carboxylic acids is 4. The second-order valence-corrected chi connectivity index (χ2v) is 17.3. The summed E-state index contributed by atoms with van der Waals surface area (Å²) >= 11 is 0. The van der Waals surface area contributed by atoms with Crippen molar-refractivity contribution in [2.45, 2.75) is 105 Å². The van der Waals surface area contributed by atoms with Gasteiger partial charge in [0.05, 0.1) is 53.4 Å². The number of aromatic hydroxyl groups is 2. The van der Waals surface area contributed by atoms with Gasteiger partial charge in [-0.25, -0.2) is 0 Å². The molecule has 3 heterocycles. The molecule has 0 spiro atoms. The minimum Gasteiger partial charge on any atom is -0.507 e. The number of aliphatic hydroxyl groups excluding tert-OH is 3. The Hall–Kier alpha value is -5.94. The predicted octanol–water partition coefficient (Wildman–Crippen LogP) is 6.01. The van der Waals surface area contributed by atoms with Gasteiger partial charge in [-0.05, 0) is 32.4 Å². The number of ether oxygens (including phenoxy) is 5. The van der Waals surface area contributed by atoms with Crippen LogP contribution in [0, 0.1) is 30.6 Å². The summed E-state index contributed by atoms with van der Waals surface area (Å²) in [6.45, 7) is 13.5. The Labute approximate surface area is 379 Å². The number of aliphatic hydroxyl groups is 3. The Balaban J connectivity index is 1.64. The standard InChI is InChI=1S/C49H62N2O14/c1-24-16-15-17-25(2)48(60)50-33-22-35(62-23-36(53)51(10)30(7)43(57)32-18-13-12-14-19-32)37-38(44(33)58)42(56)29(6)46-39(37)47(59)49(9,65-46)63-21-20-34(61-11)26(3)45(64-31(8)52)28(5)41(55)27(4)40(24)54/h12-22,24,26-28,30,34,40-41,43,45,54-58H,23H2,1-11H3,(H,50,60)/b16-15+,21-20+,25-17?. The van der Waals surface area contributed by atoms with E-state index in [0.29, 0.717) is 5.56 Å². The second kappa shape index (κ2) is 20.5. The number of phenols is 2. The lowest BCUT2D eigenvalue weighted by Gasteiger charge is -2.38. The number of nitrogens with zero attached hydrogens (tertiary/aromatic N) is 1. The number of benzene rings is 3. The zero-order valence-corrected chi connectivity index (χ0v) is 38.7. The number of allylic oxidation sites excluding steroid dienone is 2. The zero-order valence-electron chi connectivity index (χ0n) is 38.7. The third-order valence-corrected chi connectivity index (χ3v) is 12.8. The molecule has 3 aliphatic heterocycles. The van der Waals surface area contributed by atoms with Gasteiger partial charge < -0.3 is 59.4 Å². The summed E-state index contributed by atoms with van der Waals surface area (Å²) in [4.78, 5) is 55.7. The molecule has 352 valence electrons. The molecular weight excluding hydrogens is 841 g/mol. The van der Waals surface area contributed by atoms with Crippen LogP contribution >= 0.6 is 0 Å². The number of anilines is 1. The highest BCUT2D eigenvalue weighted by atomic mass is 16.7. The van der Waals surface area contributed by atoms with Crippen molar-refractivity contribution in [1.29, 1.82) is 0 Å². The number of ketones is 1. The van der Waals surface area contributed by atoms with Gasteiger partial charge in [0.1, 0.15) is 23.4 Å². The lowest BCUT2D eigenvalue weighted by Crippen LogP contribution is -2.46. The van der Waals surface area contributed by atoms with Crippen LogP contribution in [0.4, 0.5) is 5.69 Å². The van der Waals surface area contributed by atoms with Crippen LogP contribution in [0.25, 0.3) is 10.8 Å². The highest BCUT2D eigenvalue weighted by Crippen LogP contribution is 2.54. The molecule has 0 aromatic heterocycles. The van der Waals surface area contributed by atoms with Crippen molar-refractivity contribution in [2.75, 3.05) is 26.1 Å². The van der Waals surface area contributed by atoms with Crippen molar-refractivity contribution in [3.05, 3.63) is 89.2 Å². The molecule has 3 aromatic rings. The molecule has 65 heavy (non-hydrogen) atoms. The molecule has 11 atom stereocenters. The number of fused-ring (bicyclic) bond motifs is 14. The summed E-state index contributed by atoms with van der Waals surface area (Å²) in [7, 11) is 2.92. The van der Waals surface area contributed by atoms with E-state index in [9.17, 15) is 44.7 Å². The van der Waals surface area contributed by atoms with Crippen LogP contribution in [0.15, 0.2) is 72.5 Å². The quantitative estimate of drug-likeness (QED) is 0.112. The van der Waals surface area contributed by atoms with Crippen LogP contribution in [0.3, 0.4) is 0 Å². The lowest BCUT2D eigenvalue weighted by atomic mass is 9.78. The van der Waals surface area contributed by atoms with Gasteiger partial charge in [-0.3, -0.25) is 19.2 Å². The van der Waals surface area contributed by atoms with E-state index >= 15 is 0 Å². The van der Waals surface area contributed by atoms with Crippen molar-refractivity contribution in [1.82, 2.24) is 4.90 Å².